The van der Waals surface area contributed by atoms with E-state index in [1.54, 1.807) is 18.2 Å². The second-order valence-electron chi connectivity index (χ2n) is 11.8. The van der Waals surface area contributed by atoms with Crippen LogP contribution in [0.5, 0.6) is 0 Å². The third kappa shape index (κ3) is 5.61. The lowest BCUT2D eigenvalue weighted by atomic mass is 9.75. The largest absolute Gasteiger partial charge is 0.504 e. The lowest BCUT2D eigenvalue weighted by Crippen LogP contribution is -2.16. The number of aliphatic hydroxyl groups is 1. The number of ketones is 1. The molecule has 0 saturated carbocycles. The molecule has 4 aromatic rings. The van der Waals surface area contributed by atoms with Crippen molar-refractivity contribution >= 4 is 39.4 Å². The second-order valence-corrected chi connectivity index (χ2v) is 11.8. The van der Waals surface area contributed by atoms with Crippen molar-refractivity contribution in [2.45, 2.75) is 33.3 Å². The Hall–Kier alpha value is -4.96. The van der Waals surface area contributed by atoms with Crippen LogP contribution in [0.25, 0.3) is 27.3 Å². The highest BCUT2D eigenvalue weighted by molar-refractivity contribution is 6.11. The number of carbonyl (C=O) groups is 2. The first kappa shape index (κ1) is 27.2. The molecular weight excluding hydrogens is 520 g/mol. The molecule has 0 bridgehead atoms. The Kier molecular flexibility index (Phi) is 7.22. The smallest absolute Gasteiger partial charge is 0.186 e. The van der Waals surface area contributed by atoms with Gasteiger partial charge in [0.1, 0.15) is 6.61 Å². The number of rotatable bonds is 6. The maximum Gasteiger partial charge on any atom is 0.186 e. The molecule has 4 heteroatoms. The molecule has 0 amide bonds. The second kappa shape index (κ2) is 11.1. The highest BCUT2D eigenvalue weighted by Crippen LogP contribution is 2.39. The van der Waals surface area contributed by atoms with Crippen LogP contribution in [0.4, 0.5) is 0 Å². The molecule has 0 radical (unpaired) electrons. The summed E-state index contributed by atoms with van der Waals surface area (Å²) >= 11 is 0. The number of carbonyl (C=O) groups excluding carboxylic acids is 2. The van der Waals surface area contributed by atoms with E-state index < -0.39 is 0 Å². The van der Waals surface area contributed by atoms with Crippen LogP contribution in [0.3, 0.4) is 0 Å². The van der Waals surface area contributed by atoms with Gasteiger partial charge in [-0.3, -0.25) is 9.59 Å². The van der Waals surface area contributed by atoms with E-state index in [1.807, 2.05) is 66.8 Å². The summed E-state index contributed by atoms with van der Waals surface area (Å²) in [6.07, 6.45) is 13.7. The van der Waals surface area contributed by atoms with Crippen molar-refractivity contribution in [3.8, 4) is 0 Å². The van der Waals surface area contributed by atoms with E-state index in [0.717, 1.165) is 62.9 Å². The molecule has 6 rings (SSSR count). The highest BCUT2D eigenvalue weighted by atomic mass is 16.5. The first-order chi connectivity index (χ1) is 20.3. The van der Waals surface area contributed by atoms with E-state index in [-0.39, 0.29) is 17.0 Å². The quantitative estimate of drug-likeness (QED) is 0.147. The maximum absolute atomic E-state index is 13.0. The van der Waals surface area contributed by atoms with Gasteiger partial charge in [-0.05, 0) is 87.4 Å². The standard InChI is InChI=1S/C38H32O4/c1-38(2)21-25(8-7-13-35(40)33-19-29-11-5-3-9-27(29)17-31(33)23-39)16-26(22-38)14-15-36-37(41)34-20-30-12-6-4-10-28(30)18-32(34)24-42-36/h3-20,23,41H,21-22,24H2,1-2H3/b13-7-,15-14+,25-8-. The average Bonchev–Trinajstić information content (AvgIpc) is 2.98. The number of aliphatic hydroxyl groups excluding tert-OH is 1. The van der Waals surface area contributed by atoms with Gasteiger partial charge < -0.3 is 9.84 Å². The zero-order chi connectivity index (χ0) is 29.3. The Morgan fingerprint density at radius 1 is 0.881 bits per heavy atom. The van der Waals surface area contributed by atoms with Crippen molar-refractivity contribution in [3.05, 3.63) is 148 Å². The monoisotopic (exact) mass is 552 g/mol. The lowest BCUT2D eigenvalue weighted by Gasteiger charge is -2.30. The van der Waals surface area contributed by atoms with Crippen molar-refractivity contribution in [1.29, 1.82) is 0 Å². The molecule has 1 N–H and O–H groups in total. The summed E-state index contributed by atoms with van der Waals surface area (Å²) in [6.45, 7) is 4.84. The summed E-state index contributed by atoms with van der Waals surface area (Å²) in [7, 11) is 0. The number of allylic oxidation sites excluding steroid dienone is 8. The van der Waals surface area contributed by atoms with Crippen LogP contribution < -0.4 is 0 Å². The molecule has 0 fully saturated rings. The molecule has 4 nitrogen and oxygen atoms in total. The number of aldehydes is 1. The van der Waals surface area contributed by atoms with Gasteiger partial charge >= 0.3 is 0 Å². The topological polar surface area (TPSA) is 63.6 Å². The average molecular weight is 553 g/mol. The van der Waals surface area contributed by atoms with Gasteiger partial charge in [-0.1, -0.05) is 86.7 Å². The van der Waals surface area contributed by atoms with Crippen molar-refractivity contribution in [1.82, 2.24) is 0 Å². The van der Waals surface area contributed by atoms with E-state index in [4.69, 9.17) is 4.74 Å². The minimum atomic E-state index is -0.205. The number of hydrogen-bond donors (Lipinski definition) is 1. The van der Waals surface area contributed by atoms with Crippen molar-refractivity contribution in [2.75, 3.05) is 0 Å². The maximum atomic E-state index is 13.0. The summed E-state index contributed by atoms with van der Waals surface area (Å²) in [5, 5.41) is 15.1. The van der Waals surface area contributed by atoms with Gasteiger partial charge in [-0.15, -0.1) is 0 Å². The molecule has 4 aromatic carbocycles. The summed E-state index contributed by atoms with van der Waals surface area (Å²) in [6, 6.07) is 23.4. The van der Waals surface area contributed by atoms with E-state index in [0.29, 0.717) is 23.5 Å². The number of ether oxygens (including phenoxy) is 1. The zero-order valence-corrected chi connectivity index (χ0v) is 23.8. The first-order valence-electron chi connectivity index (χ1n) is 14.2. The Bertz CT molecular complexity index is 1900. The molecular formula is C38H32O4. The van der Waals surface area contributed by atoms with Gasteiger partial charge in [0, 0.05) is 22.3 Å². The number of fused-ring (bicyclic) bond motifs is 3. The minimum Gasteiger partial charge on any atom is -0.504 e. The van der Waals surface area contributed by atoms with Crippen molar-refractivity contribution in [3.63, 3.8) is 0 Å². The van der Waals surface area contributed by atoms with Crippen LogP contribution in [0, 0.1) is 5.41 Å². The summed E-state index contributed by atoms with van der Waals surface area (Å²) in [5.41, 5.74) is 4.80. The Morgan fingerprint density at radius 2 is 1.55 bits per heavy atom. The van der Waals surface area contributed by atoms with Crippen LogP contribution >= 0.6 is 0 Å². The van der Waals surface area contributed by atoms with Crippen LogP contribution in [0.2, 0.25) is 0 Å². The third-order valence-corrected chi connectivity index (χ3v) is 7.90. The van der Waals surface area contributed by atoms with Gasteiger partial charge in [0.15, 0.2) is 23.6 Å². The third-order valence-electron chi connectivity index (χ3n) is 7.90. The van der Waals surface area contributed by atoms with E-state index in [9.17, 15) is 14.7 Å². The molecule has 2 aliphatic rings. The molecule has 42 heavy (non-hydrogen) atoms. The van der Waals surface area contributed by atoms with Crippen molar-refractivity contribution < 1.29 is 19.4 Å². The fourth-order valence-corrected chi connectivity index (χ4v) is 5.93. The zero-order valence-electron chi connectivity index (χ0n) is 23.8. The number of hydrogen-bond acceptors (Lipinski definition) is 4. The minimum absolute atomic E-state index is 0.0243. The first-order valence-corrected chi connectivity index (χ1v) is 14.2. The molecule has 0 unspecified atom stereocenters. The van der Waals surface area contributed by atoms with Gasteiger partial charge in [0.25, 0.3) is 0 Å². The molecule has 0 atom stereocenters. The molecule has 0 spiro atoms. The SMILES string of the molecule is CC1(C)CC(/C=C/C2=C(O)c3cc4ccccc4cc3CO2)=CC(=C/C=C\C(=O)c2cc3ccccc3cc2C=O)/C1. The predicted octanol–water partition coefficient (Wildman–Crippen LogP) is 9.23. The lowest BCUT2D eigenvalue weighted by molar-refractivity contribution is 0.103. The molecule has 0 aromatic heterocycles. The van der Waals surface area contributed by atoms with Crippen molar-refractivity contribution in [2.24, 2.45) is 5.41 Å². The molecule has 0 saturated heterocycles. The summed E-state index contributed by atoms with van der Waals surface area (Å²) in [5.74, 6) is 0.401. The number of benzene rings is 4. The van der Waals surface area contributed by atoms with E-state index in [1.165, 1.54) is 6.08 Å². The van der Waals surface area contributed by atoms with Crippen LogP contribution in [0.15, 0.2) is 126 Å². The fraction of sp³-hybridized carbons (Fsp3) is 0.158. The molecule has 1 aliphatic heterocycles. The van der Waals surface area contributed by atoms with Gasteiger partial charge in [-0.25, -0.2) is 0 Å². The van der Waals surface area contributed by atoms with Crippen LogP contribution in [0.1, 0.15) is 58.5 Å². The van der Waals surface area contributed by atoms with Gasteiger partial charge in [0.2, 0.25) is 0 Å². The Labute approximate surface area is 245 Å². The summed E-state index contributed by atoms with van der Waals surface area (Å²) in [4.78, 5) is 24.7. The molecule has 208 valence electrons. The Morgan fingerprint density at radius 3 is 2.26 bits per heavy atom. The van der Waals surface area contributed by atoms with Crippen LogP contribution in [-0.2, 0) is 11.3 Å². The predicted molar refractivity (Wildman–Crippen MR) is 169 cm³/mol. The van der Waals surface area contributed by atoms with Crippen LogP contribution in [-0.4, -0.2) is 17.2 Å². The van der Waals surface area contributed by atoms with E-state index >= 15 is 0 Å². The van der Waals surface area contributed by atoms with Gasteiger partial charge in [-0.2, -0.15) is 0 Å². The summed E-state index contributed by atoms with van der Waals surface area (Å²) < 4.78 is 5.94. The Balaban J connectivity index is 1.24. The van der Waals surface area contributed by atoms with E-state index in [2.05, 4.69) is 32.1 Å². The normalized spacial score (nSPS) is 17.6. The highest BCUT2D eigenvalue weighted by Gasteiger charge is 2.25. The van der Waals surface area contributed by atoms with Gasteiger partial charge in [0.05, 0.1) is 0 Å². The molecule has 1 aliphatic carbocycles. The molecule has 1 heterocycles. The fourth-order valence-electron chi connectivity index (χ4n) is 5.93.